The molecule has 2 N–H and O–H groups in total. The molecule has 2 rings (SSSR count). The molecule has 1 unspecified atom stereocenters. The highest BCUT2D eigenvalue weighted by molar-refractivity contribution is 9.10. The monoisotopic (exact) mass is 382 g/mol. The van der Waals surface area contributed by atoms with Crippen LogP contribution < -0.4 is 5.32 Å². The summed E-state index contributed by atoms with van der Waals surface area (Å²) in [6.07, 6.45) is 0. The Morgan fingerprint density at radius 2 is 2.05 bits per heavy atom. The predicted molar refractivity (Wildman–Crippen MR) is 88.6 cm³/mol. The van der Waals surface area contributed by atoms with Gasteiger partial charge in [-0.15, -0.1) is 11.3 Å². The van der Waals surface area contributed by atoms with Crippen LogP contribution in [0.5, 0.6) is 0 Å². The molecule has 2 aromatic rings. The average Bonchev–Trinajstić information content (AvgIpc) is 2.84. The summed E-state index contributed by atoms with van der Waals surface area (Å²) in [6, 6.07) is 5.09. The Balaban J connectivity index is 2.19. The standard InChI is InChI=1S/C15H15BrN2O3S/c1-7-5-4-6-10(11(7)16)13(19)17-9(3)14-18-8(2)12(22-14)15(20)21/h4-6,9H,1-3H3,(H,17,19)(H,20,21). The number of nitrogens with zero attached hydrogens (tertiary/aromatic N) is 1. The van der Waals surface area contributed by atoms with Gasteiger partial charge in [-0.2, -0.15) is 0 Å². The molecule has 1 atom stereocenters. The first-order valence-electron chi connectivity index (χ1n) is 6.58. The van der Waals surface area contributed by atoms with E-state index in [9.17, 15) is 9.59 Å². The second-order valence-corrected chi connectivity index (χ2v) is 6.73. The first-order chi connectivity index (χ1) is 10.3. The van der Waals surface area contributed by atoms with Gasteiger partial charge in [-0.1, -0.05) is 12.1 Å². The number of carbonyl (C=O) groups is 2. The molecule has 7 heteroatoms. The van der Waals surface area contributed by atoms with Gasteiger partial charge in [0.15, 0.2) is 0 Å². The summed E-state index contributed by atoms with van der Waals surface area (Å²) in [4.78, 5) is 27.8. The molecule has 0 saturated carbocycles. The number of halogens is 1. The lowest BCUT2D eigenvalue weighted by Crippen LogP contribution is -2.27. The average molecular weight is 383 g/mol. The number of carboxylic acid groups (broad SMARTS) is 1. The largest absolute Gasteiger partial charge is 0.477 e. The number of carbonyl (C=O) groups excluding carboxylic acids is 1. The Labute approximate surface area is 140 Å². The first kappa shape index (κ1) is 16.6. The van der Waals surface area contributed by atoms with Crippen LogP contribution in [0.1, 0.15) is 49.3 Å². The van der Waals surface area contributed by atoms with Crippen LogP contribution in [-0.4, -0.2) is 22.0 Å². The number of hydrogen-bond acceptors (Lipinski definition) is 4. The number of aromatic carboxylic acids is 1. The Morgan fingerprint density at radius 1 is 1.36 bits per heavy atom. The quantitative estimate of drug-likeness (QED) is 0.844. The highest BCUT2D eigenvalue weighted by Crippen LogP contribution is 2.25. The van der Waals surface area contributed by atoms with Crippen LogP contribution >= 0.6 is 27.3 Å². The van der Waals surface area contributed by atoms with E-state index in [2.05, 4.69) is 26.2 Å². The Hall–Kier alpha value is -1.73. The van der Waals surface area contributed by atoms with Crippen molar-refractivity contribution in [1.82, 2.24) is 10.3 Å². The molecule has 0 saturated heterocycles. The Morgan fingerprint density at radius 3 is 2.64 bits per heavy atom. The molecule has 1 heterocycles. The van der Waals surface area contributed by atoms with Crippen molar-refractivity contribution in [3.8, 4) is 0 Å². The van der Waals surface area contributed by atoms with E-state index >= 15 is 0 Å². The molecule has 116 valence electrons. The summed E-state index contributed by atoms with van der Waals surface area (Å²) >= 11 is 4.49. The Kier molecular flexibility index (Phi) is 4.97. The van der Waals surface area contributed by atoms with E-state index in [4.69, 9.17) is 5.11 Å². The van der Waals surface area contributed by atoms with Gasteiger partial charge in [0.1, 0.15) is 9.88 Å². The van der Waals surface area contributed by atoms with Gasteiger partial charge in [0, 0.05) is 4.47 Å². The van der Waals surface area contributed by atoms with Crippen molar-refractivity contribution in [2.45, 2.75) is 26.8 Å². The van der Waals surface area contributed by atoms with Crippen molar-refractivity contribution >= 4 is 39.1 Å². The van der Waals surface area contributed by atoms with Crippen molar-refractivity contribution in [2.24, 2.45) is 0 Å². The fraction of sp³-hybridized carbons (Fsp3) is 0.267. The van der Waals surface area contributed by atoms with Gasteiger partial charge in [-0.05, 0) is 48.3 Å². The van der Waals surface area contributed by atoms with Crippen LogP contribution in [-0.2, 0) is 0 Å². The fourth-order valence-corrected chi connectivity index (χ4v) is 3.31. The van der Waals surface area contributed by atoms with Crippen molar-refractivity contribution in [1.29, 1.82) is 0 Å². The van der Waals surface area contributed by atoms with Crippen molar-refractivity contribution in [3.05, 3.63) is 49.4 Å². The van der Waals surface area contributed by atoms with Crippen molar-refractivity contribution in [3.63, 3.8) is 0 Å². The van der Waals surface area contributed by atoms with Crippen molar-refractivity contribution in [2.75, 3.05) is 0 Å². The lowest BCUT2D eigenvalue weighted by molar-refractivity contribution is 0.0701. The summed E-state index contributed by atoms with van der Waals surface area (Å²) < 4.78 is 0.751. The zero-order valence-electron chi connectivity index (χ0n) is 12.3. The molecule has 0 bridgehead atoms. The molecule has 0 fully saturated rings. The second-order valence-electron chi connectivity index (χ2n) is 4.90. The van der Waals surface area contributed by atoms with Crippen molar-refractivity contribution < 1.29 is 14.7 Å². The maximum Gasteiger partial charge on any atom is 0.347 e. The maximum atomic E-state index is 12.3. The van der Waals surface area contributed by atoms with E-state index in [0.29, 0.717) is 16.3 Å². The molecular weight excluding hydrogens is 368 g/mol. The first-order valence-corrected chi connectivity index (χ1v) is 8.18. The molecular formula is C15H15BrN2O3S. The van der Waals surface area contributed by atoms with Gasteiger partial charge < -0.3 is 10.4 Å². The lowest BCUT2D eigenvalue weighted by atomic mass is 10.1. The van der Waals surface area contributed by atoms with Crippen LogP contribution in [0, 0.1) is 13.8 Å². The molecule has 1 aromatic carbocycles. The number of aryl methyl sites for hydroxylation is 2. The summed E-state index contributed by atoms with van der Waals surface area (Å²) in [7, 11) is 0. The lowest BCUT2D eigenvalue weighted by Gasteiger charge is -2.13. The van der Waals surface area contributed by atoms with Gasteiger partial charge in [0.2, 0.25) is 0 Å². The van der Waals surface area contributed by atoms with Gasteiger partial charge in [0.25, 0.3) is 5.91 Å². The van der Waals surface area contributed by atoms with Gasteiger partial charge in [0.05, 0.1) is 17.3 Å². The van der Waals surface area contributed by atoms with E-state index in [-0.39, 0.29) is 16.8 Å². The van der Waals surface area contributed by atoms with Gasteiger partial charge in [-0.25, -0.2) is 9.78 Å². The number of nitrogens with one attached hydrogen (secondary N) is 1. The molecule has 0 aliphatic carbocycles. The second kappa shape index (κ2) is 6.58. The van der Waals surface area contributed by atoms with Crippen LogP contribution in [0.3, 0.4) is 0 Å². The number of amides is 1. The third kappa shape index (κ3) is 3.36. The number of thiazole rings is 1. The third-order valence-electron chi connectivity index (χ3n) is 3.16. The molecule has 22 heavy (non-hydrogen) atoms. The number of carboxylic acids is 1. The highest BCUT2D eigenvalue weighted by atomic mass is 79.9. The SMILES string of the molecule is Cc1cccc(C(=O)NC(C)c2nc(C)c(C(=O)O)s2)c1Br. The number of benzene rings is 1. The van der Waals surface area contributed by atoms with E-state index in [1.54, 1.807) is 19.9 Å². The zero-order chi connectivity index (χ0) is 16.4. The van der Waals surface area contributed by atoms with Crippen LogP contribution in [0.2, 0.25) is 0 Å². The van der Waals surface area contributed by atoms with Crippen LogP contribution in [0.25, 0.3) is 0 Å². The normalized spacial score (nSPS) is 12.0. The van der Waals surface area contributed by atoms with Gasteiger partial charge in [-0.3, -0.25) is 4.79 Å². The smallest absolute Gasteiger partial charge is 0.347 e. The summed E-state index contributed by atoms with van der Waals surface area (Å²) in [5.74, 6) is -1.23. The number of rotatable bonds is 4. The zero-order valence-corrected chi connectivity index (χ0v) is 14.7. The molecule has 0 radical (unpaired) electrons. The van der Waals surface area contributed by atoms with E-state index in [1.807, 2.05) is 19.1 Å². The van der Waals surface area contributed by atoms with Crippen LogP contribution in [0.15, 0.2) is 22.7 Å². The summed E-state index contributed by atoms with van der Waals surface area (Å²) in [6.45, 7) is 5.34. The van der Waals surface area contributed by atoms with Gasteiger partial charge >= 0.3 is 5.97 Å². The molecule has 5 nitrogen and oxygen atoms in total. The minimum atomic E-state index is -0.999. The van der Waals surface area contributed by atoms with Crippen LogP contribution in [0.4, 0.5) is 0 Å². The molecule has 1 amide bonds. The van der Waals surface area contributed by atoms with E-state index in [0.717, 1.165) is 21.4 Å². The molecule has 0 aliphatic heterocycles. The maximum absolute atomic E-state index is 12.3. The minimum Gasteiger partial charge on any atom is -0.477 e. The topological polar surface area (TPSA) is 79.3 Å². The summed E-state index contributed by atoms with van der Waals surface area (Å²) in [5, 5.41) is 12.5. The number of aromatic nitrogens is 1. The minimum absolute atomic E-state index is 0.202. The molecule has 0 spiro atoms. The predicted octanol–water partition coefficient (Wildman–Crippen LogP) is 3.71. The Bertz CT molecular complexity index is 742. The third-order valence-corrected chi connectivity index (χ3v) is 5.54. The number of hydrogen-bond donors (Lipinski definition) is 2. The van der Waals surface area contributed by atoms with E-state index in [1.165, 1.54) is 0 Å². The summed E-state index contributed by atoms with van der Waals surface area (Å²) in [5.41, 5.74) is 1.97. The molecule has 0 aliphatic rings. The highest BCUT2D eigenvalue weighted by Gasteiger charge is 2.20. The molecule has 1 aromatic heterocycles. The van der Waals surface area contributed by atoms with E-state index < -0.39 is 5.97 Å². The fourth-order valence-electron chi connectivity index (χ4n) is 1.96.